The third-order valence-electron chi connectivity index (χ3n) is 6.25. The normalized spacial score (nSPS) is 21.9. The van der Waals surface area contributed by atoms with Gasteiger partial charge in [-0.15, -0.1) is 0 Å². The van der Waals surface area contributed by atoms with E-state index >= 15 is 0 Å². The number of hydrogen-bond acceptors (Lipinski definition) is 5. The average molecular weight is 493 g/mol. The Morgan fingerprint density at radius 3 is 2.17 bits per heavy atom. The Hall–Kier alpha value is -3.45. The Labute approximate surface area is 212 Å². The number of rotatable bonds is 8. The number of hydrogen-bond donors (Lipinski definition) is 3. The minimum absolute atomic E-state index is 0.00576. The molecular formula is C29H36N2O5. The quantitative estimate of drug-likeness (QED) is 0.388. The highest BCUT2D eigenvalue weighted by Crippen LogP contribution is 2.19. The second kappa shape index (κ2) is 14.2. The molecule has 1 heterocycles. The monoisotopic (exact) mass is 492 g/mol. The molecule has 3 rings (SSSR count). The van der Waals surface area contributed by atoms with Crippen molar-refractivity contribution in [2.24, 2.45) is 11.8 Å². The van der Waals surface area contributed by atoms with Gasteiger partial charge in [0, 0.05) is 12.5 Å². The zero-order valence-electron chi connectivity index (χ0n) is 20.8. The summed E-state index contributed by atoms with van der Waals surface area (Å²) in [6, 6.07) is 18.7. The summed E-state index contributed by atoms with van der Waals surface area (Å²) < 4.78 is 5.72. The van der Waals surface area contributed by atoms with Gasteiger partial charge in [0.05, 0.1) is 24.5 Å². The smallest absolute Gasteiger partial charge is 0.309 e. The predicted octanol–water partition coefficient (Wildman–Crippen LogP) is 2.97. The molecule has 0 radical (unpaired) electrons. The molecule has 0 aromatic heterocycles. The van der Waals surface area contributed by atoms with Crippen LogP contribution >= 0.6 is 0 Å². The number of aliphatic hydroxyl groups is 1. The Morgan fingerprint density at radius 1 is 0.972 bits per heavy atom. The molecule has 0 fully saturated rings. The van der Waals surface area contributed by atoms with E-state index in [1.165, 1.54) is 0 Å². The molecule has 192 valence electrons. The SMILES string of the molecule is C[C@H](CO)NC(=O)C[C@H]1CC=CC[C@H](Cc2ccccc2)C(=O)OC[C@H](Cc2ccccc2)NC1=O. The van der Waals surface area contributed by atoms with E-state index in [9.17, 15) is 19.5 Å². The highest BCUT2D eigenvalue weighted by atomic mass is 16.5. The van der Waals surface area contributed by atoms with Crippen molar-refractivity contribution in [2.45, 2.75) is 51.1 Å². The van der Waals surface area contributed by atoms with Crippen LogP contribution in [-0.4, -0.2) is 48.2 Å². The van der Waals surface area contributed by atoms with Crippen LogP contribution in [0, 0.1) is 11.8 Å². The van der Waals surface area contributed by atoms with Gasteiger partial charge in [-0.25, -0.2) is 0 Å². The number of benzene rings is 2. The summed E-state index contributed by atoms with van der Waals surface area (Å²) in [4.78, 5) is 38.7. The van der Waals surface area contributed by atoms with Gasteiger partial charge in [-0.05, 0) is 43.7 Å². The maximum Gasteiger partial charge on any atom is 0.309 e. The van der Waals surface area contributed by atoms with Gasteiger partial charge in [-0.1, -0.05) is 72.8 Å². The van der Waals surface area contributed by atoms with E-state index in [1.54, 1.807) is 6.92 Å². The minimum atomic E-state index is -0.576. The standard InChI is InChI=1S/C29H36N2O5/c1-21(19-32)30-27(33)18-24-14-8-9-15-25(16-22-10-4-2-5-11-22)29(35)36-20-26(31-28(24)34)17-23-12-6-3-7-13-23/h2-13,21,24-26,32H,14-20H2,1H3,(H,30,33)(H,31,34)/t21-,24-,25-,26+/m1/s1. The number of carbonyl (C=O) groups excluding carboxylic acids is 3. The first kappa shape index (κ1) is 27.1. The Balaban J connectivity index is 1.79. The van der Waals surface area contributed by atoms with E-state index in [-0.39, 0.29) is 49.4 Å². The molecule has 2 aromatic carbocycles. The van der Waals surface area contributed by atoms with Crippen LogP contribution in [-0.2, 0) is 32.0 Å². The van der Waals surface area contributed by atoms with Gasteiger partial charge in [0.2, 0.25) is 11.8 Å². The fourth-order valence-corrected chi connectivity index (χ4v) is 4.24. The third-order valence-corrected chi connectivity index (χ3v) is 6.25. The molecule has 2 amide bonds. The first-order valence-electron chi connectivity index (χ1n) is 12.5. The van der Waals surface area contributed by atoms with Gasteiger partial charge in [0.25, 0.3) is 0 Å². The van der Waals surface area contributed by atoms with Crippen LogP contribution in [0.15, 0.2) is 72.8 Å². The molecule has 0 bridgehead atoms. The summed E-state index contributed by atoms with van der Waals surface area (Å²) in [6.07, 6.45) is 5.69. The van der Waals surface area contributed by atoms with E-state index in [0.29, 0.717) is 25.7 Å². The molecule has 0 unspecified atom stereocenters. The van der Waals surface area contributed by atoms with Crippen molar-refractivity contribution in [2.75, 3.05) is 13.2 Å². The van der Waals surface area contributed by atoms with Crippen molar-refractivity contribution in [1.82, 2.24) is 10.6 Å². The van der Waals surface area contributed by atoms with Gasteiger partial charge >= 0.3 is 5.97 Å². The van der Waals surface area contributed by atoms with E-state index in [2.05, 4.69) is 10.6 Å². The number of nitrogens with one attached hydrogen (secondary N) is 2. The molecule has 2 aromatic rings. The van der Waals surface area contributed by atoms with Crippen molar-refractivity contribution in [3.05, 3.63) is 83.9 Å². The zero-order valence-corrected chi connectivity index (χ0v) is 20.8. The van der Waals surface area contributed by atoms with E-state index in [4.69, 9.17) is 4.74 Å². The van der Waals surface area contributed by atoms with Gasteiger partial charge in [-0.3, -0.25) is 14.4 Å². The highest BCUT2D eigenvalue weighted by Gasteiger charge is 2.27. The van der Waals surface area contributed by atoms with Crippen LogP contribution in [0.25, 0.3) is 0 Å². The fraction of sp³-hybridized carbons (Fsp3) is 0.414. The summed E-state index contributed by atoms with van der Waals surface area (Å²) in [5.41, 5.74) is 2.07. The number of carbonyl (C=O) groups is 3. The molecule has 36 heavy (non-hydrogen) atoms. The molecule has 7 heteroatoms. The number of allylic oxidation sites excluding steroid dienone is 2. The predicted molar refractivity (Wildman–Crippen MR) is 138 cm³/mol. The maximum atomic E-state index is 13.2. The van der Waals surface area contributed by atoms with Crippen LogP contribution in [0.4, 0.5) is 0 Å². The second-order valence-corrected chi connectivity index (χ2v) is 9.41. The number of cyclic esters (lactones) is 1. The van der Waals surface area contributed by atoms with Crippen LogP contribution in [0.5, 0.6) is 0 Å². The fourth-order valence-electron chi connectivity index (χ4n) is 4.24. The van der Waals surface area contributed by atoms with Gasteiger partial charge < -0.3 is 20.5 Å². The van der Waals surface area contributed by atoms with Crippen molar-refractivity contribution < 1.29 is 24.2 Å². The lowest BCUT2D eigenvalue weighted by atomic mass is 9.94. The maximum absolute atomic E-state index is 13.2. The number of amides is 2. The van der Waals surface area contributed by atoms with Crippen LogP contribution in [0.2, 0.25) is 0 Å². The van der Waals surface area contributed by atoms with Crippen LogP contribution < -0.4 is 10.6 Å². The van der Waals surface area contributed by atoms with Crippen molar-refractivity contribution in [3.8, 4) is 0 Å². The van der Waals surface area contributed by atoms with Crippen molar-refractivity contribution in [3.63, 3.8) is 0 Å². The zero-order chi connectivity index (χ0) is 25.8. The minimum Gasteiger partial charge on any atom is -0.463 e. The topological polar surface area (TPSA) is 105 Å². The van der Waals surface area contributed by atoms with Crippen molar-refractivity contribution >= 4 is 17.8 Å². The molecule has 1 aliphatic heterocycles. The van der Waals surface area contributed by atoms with Crippen molar-refractivity contribution in [1.29, 1.82) is 0 Å². The molecule has 1 aliphatic rings. The van der Waals surface area contributed by atoms with Gasteiger partial charge in [-0.2, -0.15) is 0 Å². The Kier molecular flexibility index (Phi) is 10.7. The van der Waals surface area contributed by atoms with E-state index < -0.39 is 12.0 Å². The average Bonchev–Trinajstić information content (AvgIpc) is 2.88. The second-order valence-electron chi connectivity index (χ2n) is 9.41. The first-order chi connectivity index (χ1) is 17.4. The largest absolute Gasteiger partial charge is 0.463 e. The summed E-state index contributed by atoms with van der Waals surface area (Å²) in [7, 11) is 0. The summed E-state index contributed by atoms with van der Waals surface area (Å²) >= 11 is 0. The third kappa shape index (κ3) is 8.96. The number of esters is 1. The number of ether oxygens (including phenoxy) is 1. The molecule has 0 aliphatic carbocycles. The van der Waals surface area contributed by atoms with Gasteiger partial charge in [0.15, 0.2) is 0 Å². The molecular weight excluding hydrogens is 456 g/mol. The van der Waals surface area contributed by atoms with Gasteiger partial charge in [0.1, 0.15) is 6.61 Å². The summed E-state index contributed by atoms with van der Waals surface area (Å²) in [6.45, 7) is 1.58. The Bertz CT molecular complexity index is 1010. The number of aliphatic hydroxyl groups excluding tert-OH is 1. The lowest BCUT2D eigenvalue weighted by Crippen LogP contribution is -2.45. The molecule has 3 N–H and O–H groups in total. The Morgan fingerprint density at radius 2 is 1.56 bits per heavy atom. The van der Waals surface area contributed by atoms with E-state index in [1.807, 2.05) is 72.8 Å². The van der Waals surface area contributed by atoms with Crippen LogP contribution in [0.3, 0.4) is 0 Å². The first-order valence-corrected chi connectivity index (χ1v) is 12.5. The van der Waals surface area contributed by atoms with Crippen LogP contribution in [0.1, 0.15) is 37.3 Å². The molecule has 0 saturated carbocycles. The molecule has 0 spiro atoms. The molecule has 0 saturated heterocycles. The molecule has 4 atom stereocenters. The molecule has 7 nitrogen and oxygen atoms in total. The highest BCUT2D eigenvalue weighted by molar-refractivity contribution is 5.86. The van der Waals surface area contributed by atoms with E-state index in [0.717, 1.165) is 11.1 Å². The summed E-state index contributed by atoms with van der Waals surface area (Å²) in [5.74, 6) is -1.75. The lowest BCUT2D eigenvalue weighted by Gasteiger charge is -2.24. The lowest BCUT2D eigenvalue weighted by molar-refractivity contribution is -0.150. The summed E-state index contributed by atoms with van der Waals surface area (Å²) in [5, 5.41) is 15.0.